The van der Waals surface area contributed by atoms with Gasteiger partial charge in [-0.05, 0) is 29.2 Å². The second kappa shape index (κ2) is 6.59. The largest absolute Gasteiger partial charge is 0.481 e. The second-order valence-corrected chi connectivity index (χ2v) is 5.18. The van der Waals surface area contributed by atoms with Crippen LogP contribution < -0.4 is 0 Å². The molecule has 0 spiro atoms. The molecule has 21 heavy (non-hydrogen) atoms. The molecule has 0 saturated carbocycles. The first-order chi connectivity index (χ1) is 10.0. The fourth-order valence-corrected chi connectivity index (χ4v) is 2.56. The molecule has 0 radical (unpaired) electrons. The summed E-state index contributed by atoms with van der Waals surface area (Å²) in [7, 11) is 0. The summed E-state index contributed by atoms with van der Waals surface area (Å²) in [6.07, 6.45) is 0.472. The molecule has 1 atom stereocenters. The summed E-state index contributed by atoms with van der Waals surface area (Å²) < 4.78 is 0. The molecule has 0 fully saturated rings. The predicted molar refractivity (Wildman–Crippen MR) is 85.9 cm³/mol. The number of aliphatic carboxylic acids is 1. The maximum absolute atomic E-state index is 11.8. The first-order valence-electron chi connectivity index (χ1n) is 6.70. The standard InChI is InChI=1S/C17H16O3S/c1-2-13(16(18)19)12-8-9-14(15(10-12)17(20)21)11-6-4-3-5-7-11/h3-10,13H,2H2,1H3,(H,18,19)(H,20,21). The highest BCUT2D eigenvalue weighted by Gasteiger charge is 2.20. The van der Waals surface area contributed by atoms with Crippen LogP contribution in [0.25, 0.3) is 11.1 Å². The molecule has 4 heteroatoms. The molecule has 0 amide bonds. The van der Waals surface area contributed by atoms with E-state index in [1.807, 2.05) is 37.3 Å². The Labute approximate surface area is 129 Å². The van der Waals surface area contributed by atoms with Crippen LogP contribution in [0.1, 0.15) is 35.2 Å². The maximum Gasteiger partial charge on any atom is 0.310 e. The molecular formula is C17H16O3S. The smallest absolute Gasteiger partial charge is 0.310 e. The quantitative estimate of drug-likeness (QED) is 0.821. The summed E-state index contributed by atoms with van der Waals surface area (Å²) in [6, 6.07) is 14.7. The Balaban J connectivity index is 2.55. The van der Waals surface area contributed by atoms with E-state index in [0.29, 0.717) is 17.5 Å². The van der Waals surface area contributed by atoms with E-state index in [9.17, 15) is 14.7 Å². The average molecular weight is 300 g/mol. The Morgan fingerprint density at radius 2 is 1.81 bits per heavy atom. The van der Waals surface area contributed by atoms with Gasteiger partial charge in [-0.15, -0.1) is 12.6 Å². The van der Waals surface area contributed by atoms with E-state index in [4.69, 9.17) is 0 Å². The number of rotatable bonds is 5. The van der Waals surface area contributed by atoms with Crippen LogP contribution >= 0.6 is 12.6 Å². The van der Waals surface area contributed by atoms with Gasteiger partial charge in [0.1, 0.15) is 0 Å². The van der Waals surface area contributed by atoms with Crippen molar-refractivity contribution in [2.75, 3.05) is 0 Å². The summed E-state index contributed by atoms with van der Waals surface area (Å²) in [4.78, 5) is 23.1. The van der Waals surface area contributed by atoms with E-state index < -0.39 is 11.9 Å². The Morgan fingerprint density at radius 1 is 1.14 bits per heavy atom. The molecule has 2 aromatic rings. The van der Waals surface area contributed by atoms with Gasteiger partial charge in [-0.25, -0.2) is 0 Å². The van der Waals surface area contributed by atoms with Gasteiger partial charge in [-0.3, -0.25) is 9.59 Å². The molecule has 0 aliphatic heterocycles. The molecule has 0 aliphatic rings. The van der Waals surface area contributed by atoms with Crippen molar-refractivity contribution in [3.8, 4) is 11.1 Å². The summed E-state index contributed by atoms with van der Waals surface area (Å²) in [5.74, 6) is -1.50. The summed E-state index contributed by atoms with van der Waals surface area (Å²) in [6.45, 7) is 1.81. The van der Waals surface area contributed by atoms with Crippen LogP contribution in [0.15, 0.2) is 48.5 Å². The van der Waals surface area contributed by atoms with Crippen molar-refractivity contribution in [1.82, 2.24) is 0 Å². The van der Waals surface area contributed by atoms with E-state index in [2.05, 4.69) is 12.6 Å². The minimum Gasteiger partial charge on any atom is -0.481 e. The van der Waals surface area contributed by atoms with Crippen molar-refractivity contribution < 1.29 is 14.7 Å². The van der Waals surface area contributed by atoms with Crippen LogP contribution in [-0.4, -0.2) is 16.2 Å². The molecule has 2 aromatic carbocycles. The zero-order valence-electron chi connectivity index (χ0n) is 11.6. The Kier molecular flexibility index (Phi) is 4.81. The molecule has 2 rings (SSSR count). The normalized spacial score (nSPS) is 11.9. The van der Waals surface area contributed by atoms with E-state index in [0.717, 1.165) is 11.1 Å². The maximum atomic E-state index is 11.8. The van der Waals surface area contributed by atoms with E-state index >= 15 is 0 Å². The molecular weight excluding hydrogens is 284 g/mol. The van der Waals surface area contributed by atoms with E-state index in [1.54, 1.807) is 18.2 Å². The molecule has 0 aromatic heterocycles. The predicted octanol–water partition coefficient (Wildman–Crippen LogP) is 4.00. The number of carboxylic acid groups (broad SMARTS) is 1. The number of carboxylic acids is 1. The van der Waals surface area contributed by atoms with Crippen LogP contribution in [0.5, 0.6) is 0 Å². The van der Waals surface area contributed by atoms with Crippen LogP contribution in [0.4, 0.5) is 0 Å². The SMILES string of the molecule is CCC(C(=O)O)c1ccc(-c2ccccc2)c(C(=O)S)c1. The monoisotopic (exact) mass is 300 g/mol. The van der Waals surface area contributed by atoms with E-state index in [1.165, 1.54) is 0 Å². The van der Waals surface area contributed by atoms with Gasteiger partial charge in [-0.1, -0.05) is 49.4 Å². The van der Waals surface area contributed by atoms with Crippen molar-refractivity contribution in [3.63, 3.8) is 0 Å². The van der Waals surface area contributed by atoms with Gasteiger partial charge in [0, 0.05) is 5.56 Å². The topological polar surface area (TPSA) is 54.4 Å². The number of carbonyl (C=O) groups excluding carboxylic acids is 1. The van der Waals surface area contributed by atoms with Crippen molar-refractivity contribution >= 4 is 23.7 Å². The van der Waals surface area contributed by atoms with E-state index in [-0.39, 0.29) is 5.12 Å². The van der Waals surface area contributed by atoms with Crippen molar-refractivity contribution in [2.45, 2.75) is 19.3 Å². The van der Waals surface area contributed by atoms with Crippen molar-refractivity contribution in [1.29, 1.82) is 0 Å². The summed E-state index contributed by atoms with van der Waals surface area (Å²) in [5, 5.41) is 8.87. The molecule has 0 saturated heterocycles. The Morgan fingerprint density at radius 3 is 2.33 bits per heavy atom. The lowest BCUT2D eigenvalue weighted by atomic mass is 9.91. The van der Waals surface area contributed by atoms with Gasteiger partial charge >= 0.3 is 5.97 Å². The first-order valence-corrected chi connectivity index (χ1v) is 7.14. The average Bonchev–Trinajstić information content (AvgIpc) is 2.48. The van der Waals surface area contributed by atoms with Gasteiger partial charge in [-0.2, -0.15) is 0 Å². The van der Waals surface area contributed by atoms with Crippen LogP contribution in [0, 0.1) is 0 Å². The third kappa shape index (κ3) is 3.34. The molecule has 1 N–H and O–H groups in total. The van der Waals surface area contributed by atoms with Crippen molar-refractivity contribution in [2.24, 2.45) is 0 Å². The molecule has 1 unspecified atom stereocenters. The molecule has 108 valence electrons. The minimum atomic E-state index is -0.887. The van der Waals surface area contributed by atoms with Crippen LogP contribution in [0.2, 0.25) is 0 Å². The van der Waals surface area contributed by atoms with Crippen LogP contribution in [-0.2, 0) is 4.79 Å². The lowest BCUT2D eigenvalue weighted by Gasteiger charge is -2.14. The summed E-state index contributed by atoms with van der Waals surface area (Å²) >= 11 is 3.92. The van der Waals surface area contributed by atoms with Gasteiger partial charge in [0.25, 0.3) is 0 Å². The number of benzene rings is 2. The third-order valence-corrected chi connectivity index (χ3v) is 3.71. The molecule has 0 heterocycles. The molecule has 0 aliphatic carbocycles. The van der Waals surface area contributed by atoms with Crippen LogP contribution in [0.3, 0.4) is 0 Å². The number of carbonyl (C=O) groups is 2. The Bertz CT molecular complexity index is 665. The zero-order valence-corrected chi connectivity index (χ0v) is 12.5. The number of hydrogen-bond donors (Lipinski definition) is 2. The van der Waals surface area contributed by atoms with Gasteiger partial charge in [0.05, 0.1) is 5.92 Å². The number of hydrogen-bond acceptors (Lipinski definition) is 2. The second-order valence-electron chi connectivity index (χ2n) is 4.78. The van der Waals surface area contributed by atoms with Gasteiger partial charge in [0.15, 0.2) is 0 Å². The highest BCUT2D eigenvalue weighted by molar-refractivity contribution is 7.97. The Hall–Kier alpha value is -2.07. The first kappa shape index (κ1) is 15.3. The van der Waals surface area contributed by atoms with Gasteiger partial charge in [0.2, 0.25) is 5.12 Å². The molecule has 0 bridgehead atoms. The third-order valence-electron chi connectivity index (χ3n) is 3.47. The van der Waals surface area contributed by atoms with Gasteiger partial charge < -0.3 is 5.11 Å². The minimum absolute atomic E-state index is 0.365. The lowest BCUT2D eigenvalue weighted by Crippen LogP contribution is -2.11. The lowest BCUT2D eigenvalue weighted by molar-refractivity contribution is -0.138. The fraction of sp³-hybridized carbons (Fsp3) is 0.176. The zero-order chi connectivity index (χ0) is 15.4. The van der Waals surface area contributed by atoms with Crippen molar-refractivity contribution in [3.05, 3.63) is 59.7 Å². The summed E-state index contributed by atoms with van der Waals surface area (Å²) in [5.41, 5.74) is 2.73. The molecule has 3 nitrogen and oxygen atoms in total. The number of thiol groups is 1. The highest BCUT2D eigenvalue weighted by atomic mass is 32.1. The fourth-order valence-electron chi connectivity index (χ4n) is 2.38. The highest BCUT2D eigenvalue weighted by Crippen LogP contribution is 2.29.